The molecule has 2 atom stereocenters. The van der Waals surface area contributed by atoms with Crippen molar-refractivity contribution in [3.8, 4) is 0 Å². The van der Waals surface area contributed by atoms with E-state index in [1.807, 2.05) is 0 Å². The van der Waals surface area contributed by atoms with Crippen molar-refractivity contribution in [2.75, 3.05) is 13.2 Å². The molecule has 2 bridgehead atoms. The van der Waals surface area contributed by atoms with E-state index in [9.17, 15) is 0 Å². The standard InChI is InChI=1S/C29H33NO/c1-4-10-23(11-5-1)20-24-21-27-16-17-28(22-24)30(27)18-19-31-29(25-12-6-2-7-13-25)26-14-8-3-9-15-26/h1-15,24,27-29H,16-22H2. The van der Waals surface area contributed by atoms with Crippen LogP contribution in [0.3, 0.4) is 0 Å². The molecule has 2 nitrogen and oxygen atoms in total. The number of benzene rings is 3. The van der Waals surface area contributed by atoms with Crippen LogP contribution in [-0.2, 0) is 11.2 Å². The molecule has 2 aliphatic heterocycles. The number of rotatable bonds is 8. The number of hydrogen-bond donors (Lipinski definition) is 0. The highest BCUT2D eigenvalue weighted by atomic mass is 16.5. The molecule has 3 aromatic carbocycles. The number of piperidine rings is 1. The zero-order chi connectivity index (χ0) is 20.9. The molecule has 0 aliphatic carbocycles. The predicted octanol–water partition coefficient (Wildman–Crippen LogP) is 6.28. The van der Waals surface area contributed by atoms with Crippen LogP contribution in [0.15, 0.2) is 91.0 Å². The summed E-state index contributed by atoms with van der Waals surface area (Å²) in [5.74, 6) is 0.832. The first-order valence-electron chi connectivity index (χ1n) is 11.9. The fourth-order valence-electron chi connectivity index (χ4n) is 5.78. The number of fused-ring (bicyclic) bond motifs is 2. The minimum atomic E-state index is 0.00988. The highest BCUT2D eigenvalue weighted by Crippen LogP contribution is 2.39. The molecule has 2 saturated heterocycles. The number of nitrogens with zero attached hydrogens (tertiary/aromatic N) is 1. The normalized spacial score (nSPS) is 23.3. The Morgan fingerprint density at radius 3 is 1.77 bits per heavy atom. The Morgan fingerprint density at radius 2 is 1.23 bits per heavy atom. The summed E-state index contributed by atoms with van der Waals surface area (Å²) >= 11 is 0. The lowest BCUT2D eigenvalue weighted by molar-refractivity contribution is 0.0285. The predicted molar refractivity (Wildman–Crippen MR) is 127 cm³/mol. The monoisotopic (exact) mass is 411 g/mol. The van der Waals surface area contributed by atoms with Gasteiger partial charge in [0.1, 0.15) is 6.10 Å². The molecule has 31 heavy (non-hydrogen) atoms. The van der Waals surface area contributed by atoms with Gasteiger partial charge in [0.15, 0.2) is 0 Å². The van der Waals surface area contributed by atoms with Crippen molar-refractivity contribution in [1.29, 1.82) is 0 Å². The first kappa shape index (κ1) is 20.5. The third-order valence-electron chi connectivity index (χ3n) is 7.19. The van der Waals surface area contributed by atoms with Crippen LogP contribution in [0.5, 0.6) is 0 Å². The molecule has 2 aliphatic rings. The van der Waals surface area contributed by atoms with Gasteiger partial charge in [-0.15, -0.1) is 0 Å². The average Bonchev–Trinajstić information content (AvgIpc) is 3.06. The second-order valence-electron chi connectivity index (χ2n) is 9.22. The summed E-state index contributed by atoms with van der Waals surface area (Å²) < 4.78 is 6.52. The Hall–Kier alpha value is -2.42. The molecule has 0 aromatic heterocycles. The van der Waals surface area contributed by atoms with Crippen molar-refractivity contribution in [1.82, 2.24) is 4.90 Å². The second kappa shape index (κ2) is 9.80. The van der Waals surface area contributed by atoms with Crippen LogP contribution in [0.2, 0.25) is 0 Å². The van der Waals surface area contributed by atoms with Crippen molar-refractivity contribution in [2.45, 2.75) is 50.3 Å². The summed E-state index contributed by atoms with van der Waals surface area (Å²) in [6.07, 6.45) is 6.64. The minimum absolute atomic E-state index is 0.00988. The molecule has 2 heteroatoms. The fourth-order valence-corrected chi connectivity index (χ4v) is 5.78. The Bertz CT molecular complexity index is 873. The summed E-state index contributed by atoms with van der Waals surface area (Å²) in [5, 5.41) is 0. The lowest BCUT2D eigenvalue weighted by Crippen LogP contribution is -2.44. The van der Waals surface area contributed by atoms with Crippen LogP contribution in [0.1, 0.15) is 48.5 Å². The van der Waals surface area contributed by atoms with Crippen molar-refractivity contribution < 1.29 is 4.74 Å². The smallest absolute Gasteiger partial charge is 0.108 e. The van der Waals surface area contributed by atoms with Crippen molar-refractivity contribution in [3.05, 3.63) is 108 Å². The molecule has 0 amide bonds. The van der Waals surface area contributed by atoms with E-state index in [-0.39, 0.29) is 6.10 Å². The molecular weight excluding hydrogens is 378 g/mol. The van der Waals surface area contributed by atoms with Crippen molar-refractivity contribution in [2.24, 2.45) is 5.92 Å². The largest absolute Gasteiger partial charge is 0.367 e. The summed E-state index contributed by atoms with van der Waals surface area (Å²) in [4.78, 5) is 2.76. The van der Waals surface area contributed by atoms with E-state index in [1.165, 1.54) is 48.8 Å². The van der Waals surface area contributed by atoms with Crippen LogP contribution in [0.25, 0.3) is 0 Å². The van der Waals surface area contributed by atoms with Crippen molar-refractivity contribution >= 4 is 0 Å². The summed E-state index contributed by atoms with van der Waals surface area (Å²) in [7, 11) is 0. The minimum Gasteiger partial charge on any atom is -0.367 e. The molecule has 0 N–H and O–H groups in total. The second-order valence-corrected chi connectivity index (χ2v) is 9.22. The highest BCUT2D eigenvalue weighted by Gasteiger charge is 2.40. The molecule has 2 heterocycles. The summed E-state index contributed by atoms with van der Waals surface area (Å²) in [6.45, 7) is 1.83. The van der Waals surface area contributed by atoms with Gasteiger partial charge in [-0.1, -0.05) is 91.0 Å². The molecule has 2 fully saturated rings. The third-order valence-corrected chi connectivity index (χ3v) is 7.19. The van der Waals surface area contributed by atoms with E-state index in [4.69, 9.17) is 4.74 Å². The topological polar surface area (TPSA) is 12.5 Å². The van der Waals surface area contributed by atoms with Gasteiger partial charge in [0.2, 0.25) is 0 Å². The van der Waals surface area contributed by atoms with E-state index in [2.05, 4.69) is 95.9 Å². The van der Waals surface area contributed by atoms with Gasteiger partial charge in [0.25, 0.3) is 0 Å². The van der Waals surface area contributed by atoms with Gasteiger partial charge >= 0.3 is 0 Å². The van der Waals surface area contributed by atoms with E-state index in [0.717, 1.165) is 31.2 Å². The maximum absolute atomic E-state index is 6.52. The lowest BCUT2D eigenvalue weighted by atomic mass is 9.86. The Morgan fingerprint density at radius 1 is 0.710 bits per heavy atom. The maximum Gasteiger partial charge on any atom is 0.108 e. The fraction of sp³-hybridized carbons (Fsp3) is 0.379. The van der Waals surface area contributed by atoms with Crippen LogP contribution < -0.4 is 0 Å². The van der Waals surface area contributed by atoms with Gasteiger partial charge in [0, 0.05) is 18.6 Å². The van der Waals surface area contributed by atoms with Gasteiger partial charge in [-0.25, -0.2) is 0 Å². The van der Waals surface area contributed by atoms with Crippen LogP contribution in [-0.4, -0.2) is 30.1 Å². The first-order valence-corrected chi connectivity index (χ1v) is 11.9. The van der Waals surface area contributed by atoms with Gasteiger partial charge in [-0.2, -0.15) is 0 Å². The molecule has 5 rings (SSSR count). The first-order chi connectivity index (χ1) is 15.4. The Labute approximate surface area is 186 Å². The summed E-state index contributed by atoms with van der Waals surface area (Å²) in [6, 6.07) is 33.8. The van der Waals surface area contributed by atoms with Gasteiger partial charge in [-0.3, -0.25) is 4.90 Å². The molecule has 0 radical (unpaired) electrons. The van der Waals surface area contributed by atoms with Gasteiger partial charge in [0.05, 0.1) is 6.61 Å². The van der Waals surface area contributed by atoms with E-state index < -0.39 is 0 Å². The molecule has 0 saturated carbocycles. The summed E-state index contributed by atoms with van der Waals surface area (Å²) in [5.41, 5.74) is 3.97. The third kappa shape index (κ3) is 4.92. The molecule has 0 spiro atoms. The van der Waals surface area contributed by atoms with E-state index in [1.54, 1.807) is 0 Å². The molecule has 160 valence electrons. The van der Waals surface area contributed by atoms with E-state index >= 15 is 0 Å². The molecule has 2 unspecified atom stereocenters. The molecular formula is C29H33NO. The zero-order valence-electron chi connectivity index (χ0n) is 18.3. The quantitative estimate of drug-likeness (QED) is 0.433. The van der Waals surface area contributed by atoms with Gasteiger partial charge < -0.3 is 4.74 Å². The highest BCUT2D eigenvalue weighted by molar-refractivity contribution is 5.29. The van der Waals surface area contributed by atoms with Crippen LogP contribution in [0, 0.1) is 5.92 Å². The van der Waals surface area contributed by atoms with E-state index in [0.29, 0.717) is 0 Å². The number of hydrogen-bond acceptors (Lipinski definition) is 2. The van der Waals surface area contributed by atoms with Crippen molar-refractivity contribution in [3.63, 3.8) is 0 Å². The lowest BCUT2D eigenvalue weighted by Gasteiger charge is -2.39. The molecule has 3 aromatic rings. The zero-order valence-corrected chi connectivity index (χ0v) is 18.3. The van der Waals surface area contributed by atoms with Crippen LogP contribution in [0.4, 0.5) is 0 Å². The average molecular weight is 412 g/mol. The van der Waals surface area contributed by atoms with Gasteiger partial charge in [-0.05, 0) is 54.7 Å². The van der Waals surface area contributed by atoms with Crippen LogP contribution >= 0.6 is 0 Å². The number of ether oxygens (including phenoxy) is 1. The SMILES string of the molecule is c1ccc(CC2CC3CCC(C2)N3CCOC(c2ccccc2)c2ccccc2)cc1. The maximum atomic E-state index is 6.52. The Kier molecular flexibility index (Phi) is 6.48. The Balaban J connectivity index is 1.19.